The van der Waals surface area contributed by atoms with Gasteiger partial charge in [0.1, 0.15) is 0 Å². The minimum atomic E-state index is -4.02. The van der Waals surface area contributed by atoms with E-state index in [1.54, 1.807) is 24.0 Å². The summed E-state index contributed by atoms with van der Waals surface area (Å²) in [5, 5.41) is 11.0. The van der Waals surface area contributed by atoms with Crippen molar-refractivity contribution >= 4 is 33.0 Å². The molecule has 0 saturated heterocycles. The Balaban J connectivity index is 1.64. The molecule has 146 valence electrons. The number of rotatable bonds is 5. The summed E-state index contributed by atoms with van der Waals surface area (Å²) in [6.07, 6.45) is 2.55. The number of sulfonamides is 1. The molecular formula is C19H19N3O5S. The van der Waals surface area contributed by atoms with E-state index in [1.807, 2.05) is 6.07 Å². The number of non-ortho nitro benzene ring substituents is 1. The van der Waals surface area contributed by atoms with Gasteiger partial charge in [-0.25, -0.2) is 8.42 Å². The fourth-order valence-corrected chi connectivity index (χ4v) is 4.74. The number of hydrogen-bond donors (Lipinski definition) is 1. The summed E-state index contributed by atoms with van der Waals surface area (Å²) in [6, 6.07) is 8.85. The maximum Gasteiger partial charge on any atom is 0.270 e. The fraction of sp³-hybridized carbons (Fsp3) is 0.316. The van der Waals surface area contributed by atoms with Crippen LogP contribution < -0.4 is 9.62 Å². The monoisotopic (exact) mass is 401 g/mol. The van der Waals surface area contributed by atoms with E-state index in [0.717, 1.165) is 36.6 Å². The van der Waals surface area contributed by atoms with Crippen molar-refractivity contribution in [3.8, 4) is 0 Å². The van der Waals surface area contributed by atoms with E-state index in [0.29, 0.717) is 17.8 Å². The number of aryl methyl sites for hydroxylation is 1. The lowest BCUT2D eigenvalue weighted by molar-refractivity contribution is -0.385. The number of nitrogens with one attached hydrogen (secondary N) is 1. The van der Waals surface area contributed by atoms with Gasteiger partial charge < -0.3 is 4.90 Å². The van der Waals surface area contributed by atoms with Crippen LogP contribution in [0.25, 0.3) is 0 Å². The van der Waals surface area contributed by atoms with Crippen LogP contribution in [0.1, 0.15) is 24.0 Å². The van der Waals surface area contributed by atoms with Crippen LogP contribution in [0.5, 0.6) is 0 Å². The van der Waals surface area contributed by atoms with Gasteiger partial charge in [0.15, 0.2) is 0 Å². The number of hydrogen-bond acceptors (Lipinski definition) is 5. The van der Waals surface area contributed by atoms with Gasteiger partial charge in [0, 0.05) is 30.3 Å². The van der Waals surface area contributed by atoms with Crippen molar-refractivity contribution in [1.82, 2.24) is 0 Å². The number of benzene rings is 2. The second-order valence-corrected chi connectivity index (χ2v) is 8.82. The highest BCUT2D eigenvalue weighted by Gasteiger charge is 2.36. The van der Waals surface area contributed by atoms with Crippen LogP contribution in [-0.4, -0.2) is 25.8 Å². The SMILES string of the molecule is Cc1ccc([N+](=O)[O-])cc1S(=O)(=O)Nc1ccc2c(c1)N(C(=O)C1CC1)CC2. The van der Waals surface area contributed by atoms with Gasteiger partial charge in [-0.2, -0.15) is 0 Å². The third-order valence-electron chi connectivity index (χ3n) is 5.10. The average molecular weight is 401 g/mol. The molecule has 9 heteroatoms. The van der Waals surface area contributed by atoms with E-state index in [4.69, 9.17) is 0 Å². The molecule has 2 aliphatic rings. The van der Waals surface area contributed by atoms with Gasteiger partial charge in [0.2, 0.25) is 5.91 Å². The number of nitro groups is 1. The standard InChI is InChI=1S/C19H19N3O5S/c1-12-2-7-16(22(24)25)11-18(12)28(26,27)20-15-6-5-13-8-9-21(17(13)10-15)19(23)14-3-4-14/h2,5-7,10-11,14,20H,3-4,8-9H2,1H3. The number of carbonyl (C=O) groups excluding carboxylic acids is 1. The van der Waals surface area contributed by atoms with Crippen LogP contribution in [0.4, 0.5) is 17.1 Å². The van der Waals surface area contributed by atoms with Crippen molar-refractivity contribution < 1.29 is 18.1 Å². The highest BCUT2D eigenvalue weighted by atomic mass is 32.2. The van der Waals surface area contributed by atoms with Crippen LogP contribution in [0.3, 0.4) is 0 Å². The van der Waals surface area contributed by atoms with Crippen LogP contribution in [0.15, 0.2) is 41.3 Å². The van der Waals surface area contributed by atoms with Crippen molar-refractivity contribution in [2.45, 2.75) is 31.1 Å². The first-order valence-electron chi connectivity index (χ1n) is 8.98. The van der Waals surface area contributed by atoms with Crippen LogP contribution >= 0.6 is 0 Å². The molecule has 1 fully saturated rings. The highest BCUT2D eigenvalue weighted by Crippen LogP contribution is 2.38. The molecule has 1 saturated carbocycles. The minimum Gasteiger partial charge on any atom is -0.312 e. The molecule has 2 aromatic carbocycles. The Morgan fingerprint density at radius 1 is 1.21 bits per heavy atom. The first kappa shape index (κ1) is 18.4. The molecule has 1 N–H and O–H groups in total. The van der Waals surface area contributed by atoms with Crippen molar-refractivity contribution in [2.75, 3.05) is 16.2 Å². The summed E-state index contributed by atoms with van der Waals surface area (Å²) in [4.78, 5) is 24.4. The molecule has 1 heterocycles. The molecule has 0 aromatic heterocycles. The number of anilines is 2. The van der Waals surface area contributed by atoms with Crippen LogP contribution in [0, 0.1) is 23.0 Å². The van der Waals surface area contributed by atoms with Gasteiger partial charge in [-0.15, -0.1) is 0 Å². The van der Waals surface area contributed by atoms with Gasteiger partial charge in [-0.1, -0.05) is 12.1 Å². The van der Waals surface area contributed by atoms with Crippen LogP contribution in [-0.2, 0) is 21.2 Å². The topological polar surface area (TPSA) is 110 Å². The summed E-state index contributed by atoms with van der Waals surface area (Å²) in [6.45, 7) is 2.18. The van der Waals surface area contributed by atoms with E-state index in [1.165, 1.54) is 12.1 Å². The Morgan fingerprint density at radius 3 is 2.64 bits per heavy atom. The van der Waals surface area contributed by atoms with Crippen molar-refractivity contribution in [2.24, 2.45) is 5.92 Å². The Morgan fingerprint density at radius 2 is 1.96 bits per heavy atom. The molecular weight excluding hydrogens is 382 g/mol. The fourth-order valence-electron chi connectivity index (χ4n) is 3.42. The quantitative estimate of drug-likeness (QED) is 0.612. The van der Waals surface area contributed by atoms with Crippen molar-refractivity contribution in [3.63, 3.8) is 0 Å². The zero-order chi connectivity index (χ0) is 20.1. The Kier molecular flexibility index (Phi) is 4.34. The van der Waals surface area contributed by atoms with E-state index in [9.17, 15) is 23.3 Å². The maximum absolute atomic E-state index is 12.8. The third kappa shape index (κ3) is 3.33. The number of nitro benzene ring substituents is 1. The Bertz CT molecular complexity index is 1090. The normalized spacial score (nSPS) is 16.0. The number of amides is 1. The van der Waals surface area contributed by atoms with Gasteiger partial charge >= 0.3 is 0 Å². The molecule has 1 aliphatic heterocycles. The summed E-state index contributed by atoms with van der Waals surface area (Å²) in [5.74, 6) is 0.173. The van der Waals surface area contributed by atoms with Gasteiger partial charge in [-0.3, -0.25) is 19.6 Å². The van der Waals surface area contributed by atoms with Crippen molar-refractivity contribution in [1.29, 1.82) is 0 Å². The number of nitrogens with zero attached hydrogens (tertiary/aromatic N) is 2. The average Bonchev–Trinajstić information content (AvgIpc) is 3.41. The molecule has 28 heavy (non-hydrogen) atoms. The van der Waals surface area contributed by atoms with E-state index in [-0.39, 0.29) is 22.4 Å². The lowest BCUT2D eigenvalue weighted by Crippen LogP contribution is -2.30. The summed E-state index contributed by atoms with van der Waals surface area (Å²) in [7, 11) is -4.02. The van der Waals surface area contributed by atoms with Gasteiger partial charge in [0.05, 0.1) is 15.5 Å². The smallest absolute Gasteiger partial charge is 0.270 e. The van der Waals surface area contributed by atoms with Crippen molar-refractivity contribution in [3.05, 3.63) is 57.6 Å². The number of carbonyl (C=O) groups is 1. The van der Waals surface area contributed by atoms with Gasteiger partial charge in [0.25, 0.3) is 15.7 Å². The van der Waals surface area contributed by atoms with Gasteiger partial charge in [-0.05, 0) is 49.4 Å². The second-order valence-electron chi connectivity index (χ2n) is 7.17. The molecule has 2 aromatic rings. The van der Waals surface area contributed by atoms with Crippen LogP contribution in [0.2, 0.25) is 0 Å². The molecule has 0 radical (unpaired) electrons. The summed E-state index contributed by atoms with van der Waals surface area (Å²) >= 11 is 0. The third-order valence-corrected chi connectivity index (χ3v) is 6.62. The predicted molar refractivity (Wildman–Crippen MR) is 104 cm³/mol. The predicted octanol–water partition coefficient (Wildman–Crippen LogP) is 3.00. The molecule has 1 amide bonds. The molecule has 0 spiro atoms. The summed E-state index contributed by atoms with van der Waals surface area (Å²) in [5.41, 5.74) is 2.17. The van der Waals surface area contributed by atoms with E-state index in [2.05, 4.69) is 4.72 Å². The molecule has 1 aliphatic carbocycles. The molecule has 4 rings (SSSR count). The zero-order valence-corrected chi connectivity index (χ0v) is 16.0. The van der Waals surface area contributed by atoms with E-state index >= 15 is 0 Å². The summed E-state index contributed by atoms with van der Waals surface area (Å²) < 4.78 is 28.1. The molecule has 8 nitrogen and oxygen atoms in total. The van der Waals surface area contributed by atoms with E-state index < -0.39 is 14.9 Å². The largest absolute Gasteiger partial charge is 0.312 e. The first-order valence-corrected chi connectivity index (χ1v) is 10.5. The zero-order valence-electron chi connectivity index (χ0n) is 15.2. The lowest BCUT2D eigenvalue weighted by Gasteiger charge is -2.18. The highest BCUT2D eigenvalue weighted by molar-refractivity contribution is 7.92. The molecule has 0 unspecified atom stereocenters. The molecule has 0 bridgehead atoms. The lowest BCUT2D eigenvalue weighted by atomic mass is 10.1. The second kappa shape index (κ2) is 6.59. The Hall–Kier alpha value is -2.94. The minimum absolute atomic E-state index is 0.0822. The number of fused-ring (bicyclic) bond motifs is 1. The first-order chi connectivity index (χ1) is 13.3. The Labute approximate surface area is 162 Å². The maximum atomic E-state index is 12.8. The molecule has 0 atom stereocenters.